The van der Waals surface area contributed by atoms with Gasteiger partial charge in [-0.3, -0.25) is 4.90 Å². The number of pyridine rings is 1. The van der Waals surface area contributed by atoms with E-state index < -0.39 is 5.60 Å². The van der Waals surface area contributed by atoms with Crippen LogP contribution in [0.4, 0.5) is 10.5 Å². The molecule has 0 aromatic carbocycles. The summed E-state index contributed by atoms with van der Waals surface area (Å²) in [6, 6.07) is 3.55. The lowest BCUT2D eigenvalue weighted by Gasteiger charge is -2.29. The van der Waals surface area contributed by atoms with Gasteiger partial charge in [0.05, 0.1) is 29.5 Å². The van der Waals surface area contributed by atoms with Gasteiger partial charge in [-0.1, -0.05) is 11.6 Å². The molecule has 3 heterocycles. The van der Waals surface area contributed by atoms with Gasteiger partial charge in [-0.2, -0.15) is 5.10 Å². The minimum absolute atomic E-state index is 0.341. The molecule has 1 amide bonds. The maximum Gasteiger partial charge on any atom is 0.414 e. The largest absolute Gasteiger partial charge is 0.443 e. The Labute approximate surface area is 140 Å². The number of aryl methyl sites for hydroxylation is 1. The Kier molecular flexibility index (Phi) is 4.02. The summed E-state index contributed by atoms with van der Waals surface area (Å²) in [7, 11) is 0. The van der Waals surface area contributed by atoms with Gasteiger partial charge in [-0.15, -0.1) is 0 Å². The van der Waals surface area contributed by atoms with Crippen LogP contribution in [-0.2, 0) is 11.2 Å². The van der Waals surface area contributed by atoms with Crippen molar-refractivity contribution in [3.8, 4) is 5.69 Å². The first-order chi connectivity index (χ1) is 10.8. The molecule has 0 bridgehead atoms. The maximum atomic E-state index is 12.4. The van der Waals surface area contributed by atoms with Crippen LogP contribution in [0.1, 0.15) is 32.9 Å². The summed E-state index contributed by atoms with van der Waals surface area (Å²) in [5.41, 5.74) is 1.95. The summed E-state index contributed by atoms with van der Waals surface area (Å²) < 4.78 is 7.20. The van der Waals surface area contributed by atoms with Crippen molar-refractivity contribution in [1.29, 1.82) is 0 Å². The van der Waals surface area contributed by atoms with Crippen molar-refractivity contribution < 1.29 is 9.53 Å². The molecule has 2 aromatic heterocycles. The summed E-state index contributed by atoms with van der Waals surface area (Å²) in [4.78, 5) is 18.1. The standard InChI is InChI=1S/C16H19ClN4O2/c1-16(2,3)23-15(22)20-8-4-5-12-13(20)10-21(19-12)11-6-7-14(17)18-9-11/h6-7,9-10H,4-5,8H2,1-3H3. The highest BCUT2D eigenvalue weighted by molar-refractivity contribution is 6.29. The lowest BCUT2D eigenvalue weighted by atomic mass is 10.1. The number of nitrogens with zero attached hydrogens (tertiary/aromatic N) is 4. The van der Waals surface area contributed by atoms with Crippen molar-refractivity contribution in [3.05, 3.63) is 35.4 Å². The normalized spacial score (nSPS) is 14.5. The van der Waals surface area contributed by atoms with Crippen molar-refractivity contribution in [1.82, 2.24) is 14.8 Å². The number of carbonyl (C=O) groups excluding carboxylic acids is 1. The minimum atomic E-state index is -0.523. The molecule has 0 fully saturated rings. The Morgan fingerprint density at radius 3 is 2.78 bits per heavy atom. The number of anilines is 1. The molecule has 0 radical (unpaired) electrons. The average molecular weight is 335 g/mol. The number of rotatable bonds is 1. The number of amides is 1. The van der Waals surface area contributed by atoms with E-state index >= 15 is 0 Å². The van der Waals surface area contributed by atoms with Gasteiger partial charge >= 0.3 is 6.09 Å². The highest BCUT2D eigenvalue weighted by Gasteiger charge is 2.29. The molecule has 0 unspecified atom stereocenters. The molecule has 0 spiro atoms. The van der Waals surface area contributed by atoms with E-state index in [1.165, 1.54) is 0 Å². The first-order valence-corrected chi connectivity index (χ1v) is 7.92. The zero-order valence-corrected chi connectivity index (χ0v) is 14.2. The van der Waals surface area contributed by atoms with Gasteiger partial charge in [0.15, 0.2) is 0 Å². The summed E-state index contributed by atoms with van der Waals surface area (Å²) in [5, 5.41) is 5.00. The van der Waals surface area contributed by atoms with Crippen LogP contribution in [0.5, 0.6) is 0 Å². The molecule has 2 aromatic rings. The predicted octanol–water partition coefficient (Wildman–Crippen LogP) is 3.61. The molecule has 0 atom stereocenters. The van der Waals surface area contributed by atoms with E-state index in [1.54, 1.807) is 21.8 Å². The summed E-state index contributed by atoms with van der Waals surface area (Å²) >= 11 is 5.82. The van der Waals surface area contributed by atoms with Crippen LogP contribution in [0.2, 0.25) is 5.15 Å². The Hall–Kier alpha value is -2.08. The van der Waals surface area contributed by atoms with Crippen molar-refractivity contribution in [2.75, 3.05) is 11.4 Å². The Morgan fingerprint density at radius 1 is 1.35 bits per heavy atom. The number of hydrogen-bond donors (Lipinski definition) is 0. The summed E-state index contributed by atoms with van der Waals surface area (Å²) in [6.07, 6.45) is 4.85. The molecular weight excluding hydrogens is 316 g/mol. The van der Waals surface area contributed by atoms with Crippen LogP contribution in [0.25, 0.3) is 5.69 Å². The zero-order valence-electron chi connectivity index (χ0n) is 13.4. The Balaban J connectivity index is 1.90. The fourth-order valence-corrected chi connectivity index (χ4v) is 2.58. The fraction of sp³-hybridized carbons (Fsp3) is 0.438. The third kappa shape index (κ3) is 3.47. The smallest absolute Gasteiger partial charge is 0.414 e. The number of ether oxygens (including phenoxy) is 1. The molecule has 122 valence electrons. The van der Waals surface area contributed by atoms with E-state index in [4.69, 9.17) is 16.3 Å². The highest BCUT2D eigenvalue weighted by Crippen LogP contribution is 2.28. The van der Waals surface area contributed by atoms with Gasteiger partial charge < -0.3 is 4.74 Å². The number of fused-ring (bicyclic) bond motifs is 1. The van der Waals surface area contributed by atoms with Crippen LogP contribution in [-0.4, -0.2) is 33.0 Å². The SMILES string of the molecule is CC(C)(C)OC(=O)N1CCCc2nn(-c3ccc(Cl)nc3)cc21. The Morgan fingerprint density at radius 2 is 2.13 bits per heavy atom. The van der Waals surface area contributed by atoms with Gasteiger partial charge in [-0.25, -0.2) is 14.5 Å². The van der Waals surface area contributed by atoms with E-state index in [0.29, 0.717) is 11.7 Å². The molecule has 3 rings (SSSR count). The second kappa shape index (κ2) is 5.85. The van der Waals surface area contributed by atoms with E-state index in [0.717, 1.165) is 29.9 Å². The molecule has 7 heteroatoms. The van der Waals surface area contributed by atoms with Crippen molar-refractivity contribution in [2.24, 2.45) is 0 Å². The van der Waals surface area contributed by atoms with E-state index in [2.05, 4.69) is 10.1 Å². The zero-order chi connectivity index (χ0) is 16.6. The lowest BCUT2D eigenvalue weighted by Crippen LogP contribution is -2.39. The first kappa shape index (κ1) is 15.8. The molecule has 1 aliphatic rings. The average Bonchev–Trinajstić information content (AvgIpc) is 2.89. The highest BCUT2D eigenvalue weighted by atomic mass is 35.5. The number of hydrogen-bond acceptors (Lipinski definition) is 4. The quantitative estimate of drug-likeness (QED) is 0.747. The minimum Gasteiger partial charge on any atom is -0.443 e. The van der Waals surface area contributed by atoms with Crippen LogP contribution >= 0.6 is 11.6 Å². The molecule has 0 aliphatic carbocycles. The third-order valence-corrected chi connectivity index (χ3v) is 3.67. The number of carbonyl (C=O) groups is 1. The monoisotopic (exact) mass is 334 g/mol. The van der Waals surface area contributed by atoms with Crippen LogP contribution in [0.15, 0.2) is 24.5 Å². The molecular formula is C16H19ClN4O2. The molecule has 0 saturated heterocycles. The first-order valence-electron chi connectivity index (χ1n) is 7.54. The topological polar surface area (TPSA) is 60.2 Å². The van der Waals surface area contributed by atoms with Crippen molar-refractivity contribution in [3.63, 3.8) is 0 Å². The summed E-state index contributed by atoms with van der Waals surface area (Å²) in [6.45, 7) is 6.21. The summed E-state index contributed by atoms with van der Waals surface area (Å²) in [5.74, 6) is 0. The van der Waals surface area contributed by atoms with E-state index in [-0.39, 0.29) is 6.09 Å². The fourth-order valence-electron chi connectivity index (χ4n) is 2.47. The van der Waals surface area contributed by atoms with Gasteiger partial charge in [-0.05, 0) is 45.7 Å². The maximum absolute atomic E-state index is 12.4. The molecule has 6 nitrogen and oxygen atoms in total. The van der Waals surface area contributed by atoms with Crippen LogP contribution in [0, 0.1) is 0 Å². The predicted molar refractivity (Wildman–Crippen MR) is 88.3 cm³/mol. The van der Waals surface area contributed by atoms with Gasteiger partial charge in [0.1, 0.15) is 10.8 Å². The molecule has 23 heavy (non-hydrogen) atoms. The molecule has 0 N–H and O–H groups in total. The van der Waals surface area contributed by atoms with Gasteiger partial charge in [0.2, 0.25) is 0 Å². The van der Waals surface area contributed by atoms with Crippen molar-refractivity contribution >= 4 is 23.4 Å². The molecule has 1 aliphatic heterocycles. The van der Waals surface area contributed by atoms with Crippen LogP contribution < -0.4 is 4.90 Å². The second-order valence-electron chi connectivity index (χ2n) is 6.48. The van der Waals surface area contributed by atoms with E-state index in [9.17, 15) is 4.79 Å². The third-order valence-electron chi connectivity index (χ3n) is 3.44. The second-order valence-corrected chi connectivity index (χ2v) is 6.87. The Bertz CT molecular complexity index is 719. The van der Waals surface area contributed by atoms with E-state index in [1.807, 2.05) is 33.0 Å². The number of halogens is 1. The van der Waals surface area contributed by atoms with Crippen molar-refractivity contribution in [2.45, 2.75) is 39.2 Å². The molecule has 0 saturated carbocycles. The van der Waals surface area contributed by atoms with Crippen LogP contribution in [0.3, 0.4) is 0 Å². The van der Waals surface area contributed by atoms with Gasteiger partial charge in [0.25, 0.3) is 0 Å². The number of aromatic nitrogens is 3. The lowest BCUT2D eigenvalue weighted by molar-refractivity contribution is 0.0578. The van der Waals surface area contributed by atoms with Gasteiger partial charge in [0, 0.05) is 6.54 Å².